The molecular formula is C26H25N3O3S2. The van der Waals surface area contributed by atoms with Crippen LogP contribution < -0.4 is 10.1 Å². The van der Waals surface area contributed by atoms with Gasteiger partial charge in [-0.1, -0.05) is 24.3 Å². The Morgan fingerprint density at radius 2 is 2.00 bits per heavy atom. The maximum Gasteiger partial charge on any atom is 0.229 e. The van der Waals surface area contributed by atoms with Crippen molar-refractivity contribution in [1.29, 1.82) is 0 Å². The van der Waals surface area contributed by atoms with Gasteiger partial charge in [0.2, 0.25) is 11.8 Å². The fourth-order valence-electron chi connectivity index (χ4n) is 4.37. The molecule has 0 atom stereocenters. The minimum atomic E-state index is -0.0750. The summed E-state index contributed by atoms with van der Waals surface area (Å²) in [5.74, 6) is 0.804. The quantitative estimate of drug-likeness (QED) is 0.404. The average Bonchev–Trinajstić information content (AvgIpc) is 3.38. The van der Waals surface area contributed by atoms with Crippen molar-refractivity contribution >= 4 is 49.7 Å². The fourth-order valence-corrected chi connectivity index (χ4v) is 6.76. The average molecular weight is 492 g/mol. The number of carbonyl (C=O) groups is 2. The van der Waals surface area contributed by atoms with Crippen LogP contribution in [0.1, 0.15) is 28.5 Å². The Kier molecular flexibility index (Phi) is 6.10. The van der Waals surface area contributed by atoms with Crippen molar-refractivity contribution in [3.63, 3.8) is 0 Å². The number of nitrogens with zero attached hydrogens (tertiary/aromatic N) is 2. The highest BCUT2D eigenvalue weighted by molar-refractivity contribution is 7.22. The first-order chi connectivity index (χ1) is 16.4. The second kappa shape index (κ2) is 9.19. The minimum absolute atomic E-state index is 0.0704. The summed E-state index contributed by atoms with van der Waals surface area (Å²) in [5, 5.41) is 4.88. The number of hydrogen-bond acceptors (Lipinski definition) is 6. The molecule has 2 aromatic heterocycles. The van der Waals surface area contributed by atoms with Crippen molar-refractivity contribution in [3.8, 4) is 16.3 Å². The molecule has 0 fully saturated rings. The van der Waals surface area contributed by atoms with Gasteiger partial charge in [0.25, 0.3) is 0 Å². The van der Waals surface area contributed by atoms with E-state index in [4.69, 9.17) is 9.72 Å². The van der Waals surface area contributed by atoms with E-state index in [-0.39, 0.29) is 18.2 Å². The van der Waals surface area contributed by atoms with Crippen LogP contribution in [0.5, 0.6) is 5.75 Å². The number of fused-ring (bicyclic) bond motifs is 2. The number of ether oxygens (including phenoxy) is 1. The van der Waals surface area contributed by atoms with Gasteiger partial charge in [-0.25, -0.2) is 4.98 Å². The highest BCUT2D eigenvalue weighted by atomic mass is 32.1. The van der Waals surface area contributed by atoms with E-state index in [1.807, 2.05) is 48.2 Å². The lowest BCUT2D eigenvalue weighted by molar-refractivity contribution is -0.129. The molecule has 0 radical (unpaired) electrons. The molecule has 1 aliphatic heterocycles. The van der Waals surface area contributed by atoms with Gasteiger partial charge < -0.3 is 15.0 Å². The van der Waals surface area contributed by atoms with Crippen LogP contribution in [0.4, 0.5) is 5.00 Å². The molecule has 0 saturated carbocycles. The van der Waals surface area contributed by atoms with Gasteiger partial charge in [0.05, 0.1) is 30.3 Å². The Morgan fingerprint density at radius 3 is 2.74 bits per heavy atom. The zero-order valence-corrected chi connectivity index (χ0v) is 20.9. The summed E-state index contributed by atoms with van der Waals surface area (Å²) in [4.78, 5) is 32.9. The first-order valence-corrected chi connectivity index (χ1v) is 12.8. The Balaban J connectivity index is 1.49. The van der Waals surface area contributed by atoms with E-state index in [1.165, 1.54) is 5.56 Å². The van der Waals surface area contributed by atoms with E-state index in [9.17, 15) is 9.59 Å². The Bertz CT molecular complexity index is 1370. The van der Waals surface area contributed by atoms with Gasteiger partial charge in [-0.2, -0.15) is 0 Å². The van der Waals surface area contributed by atoms with Crippen molar-refractivity contribution in [2.45, 2.75) is 33.2 Å². The van der Waals surface area contributed by atoms with Gasteiger partial charge in [0.1, 0.15) is 15.8 Å². The maximum atomic E-state index is 13.1. The van der Waals surface area contributed by atoms with Gasteiger partial charge in [0.15, 0.2) is 0 Å². The Labute approximate surface area is 206 Å². The third-order valence-electron chi connectivity index (χ3n) is 6.09. The smallest absolute Gasteiger partial charge is 0.229 e. The number of para-hydroxylation sites is 1. The molecular weight excluding hydrogens is 466 g/mol. The molecule has 0 bridgehead atoms. The molecule has 0 unspecified atom stereocenters. The van der Waals surface area contributed by atoms with Crippen LogP contribution in [0.15, 0.2) is 42.5 Å². The summed E-state index contributed by atoms with van der Waals surface area (Å²) in [5.41, 5.74) is 5.08. The van der Waals surface area contributed by atoms with Crippen LogP contribution in [0.25, 0.3) is 20.8 Å². The molecule has 2 amide bonds. The number of thiazole rings is 1. The number of hydrogen-bond donors (Lipinski definition) is 1. The number of amides is 2. The van der Waals surface area contributed by atoms with Crippen molar-refractivity contribution in [2.75, 3.05) is 19.0 Å². The van der Waals surface area contributed by atoms with Crippen molar-refractivity contribution < 1.29 is 14.3 Å². The molecule has 0 spiro atoms. The SMILES string of the molecule is COc1ccc(CC(=O)Nc2sc3c(c2-c2nc4ccccc4s2)CCN(C(C)=O)C3)cc1C. The van der Waals surface area contributed by atoms with Crippen molar-refractivity contribution in [2.24, 2.45) is 0 Å². The highest BCUT2D eigenvalue weighted by Crippen LogP contribution is 2.45. The Hall–Kier alpha value is -3.23. The lowest BCUT2D eigenvalue weighted by Crippen LogP contribution is -2.33. The zero-order chi connectivity index (χ0) is 23.8. The van der Waals surface area contributed by atoms with Crippen LogP contribution >= 0.6 is 22.7 Å². The van der Waals surface area contributed by atoms with E-state index in [0.717, 1.165) is 54.0 Å². The number of thiophene rings is 1. The van der Waals surface area contributed by atoms with E-state index in [1.54, 1.807) is 36.7 Å². The second-order valence-corrected chi connectivity index (χ2v) is 10.5. The molecule has 34 heavy (non-hydrogen) atoms. The summed E-state index contributed by atoms with van der Waals surface area (Å²) in [6, 6.07) is 13.9. The molecule has 5 rings (SSSR count). The van der Waals surface area contributed by atoms with E-state index >= 15 is 0 Å². The lowest BCUT2D eigenvalue weighted by atomic mass is 10.0. The third kappa shape index (κ3) is 4.31. The van der Waals surface area contributed by atoms with Crippen LogP contribution in [0.3, 0.4) is 0 Å². The molecule has 6 nitrogen and oxygen atoms in total. The molecule has 0 saturated heterocycles. The molecule has 1 aliphatic rings. The number of nitrogens with one attached hydrogen (secondary N) is 1. The highest BCUT2D eigenvalue weighted by Gasteiger charge is 2.28. The van der Waals surface area contributed by atoms with Crippen molar-refractivity contribution in [3.05, 3.63) is 64.0 Å². The number of carbonyl (C=O) groups excluding carboxylic acids is 2. The molecule has 8 heteroatoms. The summed E-state index contributed by atoms with van der Waals surface area (Å²) in [7, 11) is 1.64. The van der Waals surface area contributed by atoms with E-state index in [0.29, 0.717) is 13.1 Å². The topological polar surface area (TPSA) is 71.5 Å². The lowest BCUT2D eigenvalue weighted by Gasteiger charge is -2.26. The molecule has 1 N–H and O–H groups in total. The summed E-state index contributed by atoms with van der Waals surface area (Å²) < 4.78 is 6.44. The van der Waals surface area contributed by atoms with Gasteiger partial charge >= 0.3 is 0 Å². The number of anilines is 1. The number of benzene rings is 2. The molecule has 4 aromatic rings. The summed E-state index contributed by atoms with van der Waals surface area (Å²) in [6.07, 6.45) is 1.02. The van der Waals surface area contributed by atoms with Gasteiger partial charge in [-0.05, 0) is 48.2 Å². The van der Waals surface area contributed by atoms with Crippen LogP contribution in [0.2, 0.25) is 0 Å². The van der Waals surface area contributed by atoms with E-state index in [2.05, 4.69) is 11.4 Å². The number of aromatic nitrogens is 1. The molecule has 0 aliphatic carbocycles. The molecule has 3 heterocycles. The third-order valence-corrected chi connectivity index (χ3v) is 8.27. The fraction of sp³-hybridized carbons (Fsp3) is 0.269. The predicted octanol–water partition coefficient (Wildman–Crippen LogP) is 5.43. The number of methoxy groups -OCH3 is 1. The Morgan fingerprint density at radius 1 is 1.18 bits per heavy atom. The largest absolute Gasteiger partial charge is 0.496 e. The number of aryl methyl sites for hydroxylation is 1. The monoisotopic (exact) mass is 491 g/mol. The van der Waals surface area contributed by atoms with Crippen LogP contribution in [-0.2, 0) is 29.0 Å². The minimum Gasteiger partial charge on any atom is -0.496 e. The predicted molar refractivity (Wildman–Crippen MR) is 138 cm³/mol. The van der Waals surface area contributed by atoms with Crippen LogP contribution in [0, 0.1) is 6.92 Å². The second-order valence-electron chi connectivity index (χ2n) is 8.41. The standard InChI is InChI=1S/C26H25N3O3S2/c1-15-12-17(8-9-20(15)32-3)13-23(31)28-26-24(25-27-19-6-4-5-7-21(19)33-25)18-10-11-29(16(2)30)14-22(18)34-26/h4-9,12H,10-11,13-14H2,1-3H3,(H,28,31). The maximum absolute atomic E-state index is 13.1. The molecule has 174 valence electrons. The first-order valence-electron chi connectivity index (χ1n) is 11.1. The summed E-state index contributed by atoms with van der Waals surface area (Å²) in [6.45, 7) is 4.82. The van der Waals surface area contributed by atoms with Crippen LogP contribution in [-0.4, -0.2) is 35.4 Å². The molecule has 2 aromatic carbocycles. The number of rotatable bonds is 5. The van der Waals surface area contributed by atoms with E-state index < -0.39 is 0 Å². The normalized spacial score (nSPS) is 13.1. The van der Waals surface area contributed by atoms with Gasteiger partial charge in [0, 0.05) is 23.9 Å². The van der Waals surface area contributed by atoms with Crippen molar-refractivity contribution in [1.82, 2.24) is 9.88 Å². The van der Waals surface area contributed by atoms with Gasteiger partial charge in [-0.15, -0.1) is 22.7 Å². The zero-order valence-electron chi connectivity index (χ0n) is 19.3. The first kappa shape index (κ1) is 22.6. The van der Waals surface area contributed by atoms with Gasteiger partial charge in [-0.3, -0.25) is 9.59 Å². The summed E-state index contributed by atoms with van der Waals surface area (Å²) >= 11 is 3.19.